The number of aromatic nitrogens is 4. The molecule has 22 heavy (non-hydrogen) atoms. The molecule has 0 N–H and O–H groups in total. The van der Waals surface area contributed by atoms with E-state index >= 15 is 0 Å². The maximum Gasteiger partial charge on any atom is 0.181 e. The lowest BCUT2D eigenvalue weighted by Gasteiger charge is -2.13. The van der Waals surface area contributed by atoms with Crippen LogP contribution in [0.5, 0.6) is 0 Å². The fourth-order valence-electron chi connectivity index (χ4n) is 3.11. The van der Waals surface area contributed by atoms with Crippen LogP contribution in [-0.2, 0) is 5.41 Å². The molecule has 1 aliphatic rings. The fraction of sp³-hybridized carbons (Fsp3) is 0.188. The van der Waals surface area contributed by atoms with Gasteiger partial charge in [0.25, 0.3) is 0 Å². The number of benzene rings is 1. The van der Waals surface area contributed by atoms with Gasteiger partial charge in [0.1, 0.15) is 12.2 Å². The zero-order valence-corrected chi connectivity index (χ0v) is 13.1. The summed E-state index contributed by atoms with van der Waals surface area (Å²) in [6.07, 6.45) is 4.01. The second-order valence-corrected chi connectivity index (χ2v) is 7.04. The van der Waals surface area contributed by atoms with Gasteiger partial charge in [-0.25, -0.2) is 4.98 Å². The standard InChI is InChI=1S/C16H11ClN4S/c17-11-3-1-10(2-4-11)16(6-7-16)15-20-19-14-13-12(5-8-22-13)18-9-21(14)15/h1-5,8-9H,6-7H2. The summed E-state index contributed by atoms with van der Waals surface area (Å²) in [7, 11) is 0. The lowest BCUT2D eigenvalue weighted by Crippen LogP contribution is -2.13. The van der Waals surface area contributed by atoms with Crippen molar-refractivity contribution in [3.05, 3.63) is 58.4 Å². The molecule has 108 valence electrons. The number of nitrogens with zero attached hydrogens (tertiary/aromatic N) is 4. The van der Waals surface area contributed by atoms with Crippen LogP contribution >= 0.6 is 22.9 Å². The second-order valence-electron chi connectivity index (χ2n) is 5.69. The Morgan fingerprint density at radius 1 is 1.09 bits per heavy atom. The van der Waals surface area contributed by atoms with Gasteiger partial charge in [-0.3, -0.25) is 4.40 Å². The Morgan fingerprint density at radius 2 is 1.91 bits per heavy atom. The molecule has 1 aromatic carbocycles. The van der Waals surface area contributed by atoms with Crippen molar-refractivity contribution in [1.82, 2.24) is 19.6 Å². The maximum absolute atomic E-state index is 6.01. The minimum Gasteiger partial charge on any atom is -0.267 e. The Bertz CT molecular complexity index is 998. The van der Waals surface area contributed by atoms with E-state index in [-0.39, 0.29) is 5.41 Å². The highest BCUT2D eigenvalue weighted by Gasteiger charge is 2.49. The summed E-state index contributed by atoms with van der Waals surface area (Å²) >= 11 is 7.67. The Morgan fingerprint density at radius 3 is 2.68 bits per heavy atom. The molecule has 0 saturated heterocycles. The molecule has 0 atom stereocenters. The number of hydrogen-bond acceptors (Lipinski definition) is 4. The smallest absolute Gasteiger partial charge is 0.181 e. The van der Waals surface area contributed by atoms with Gasteiger partial charge in [0, 0.05) is 5.02 Å². The first-order valence-electron chi connectivity index (χ1n) is 7.11. The molecule has 6 heteroatoms. The zero-order valence-electron chi connectivity index (χ0n) is 11.5. The maximum atomic E-state index is 6.01. The quantitative estimate of drug-likeness (QED) is 0.557. The first kappa shape index (κ1) is 12.6. The van der Waals surface area contributed by atoms with E-state index in [4.69, 9.17) is 11.6 Å². The molecule has 5 rings (SSSR count). The van der Waals surface area contributed by atoms with Gasteiger partial charge in [-0.05, 0) is 42.0 Å². The van der Waals surface area contributed by atoms with E-state index in [2.05, 4.69) is 27.3 Å². The van der Waals surface area contributed by atoms with Crippen molar-refractivity contribution in [2.45, 2.75) is 18.3 Å². The van der Waals surface area contributed by atoms with Crippen LogP contribution in [0.25, 0.3) is 15.9 Å². The number of thiophene rings is 1. The Labute approximate surface area is 135 Å². The monoisotopic (exact) mass is 326 g/mol. The topological polar surface area (TPSA) is 43.1 Å². The normalized spacial score (nSPS) is 16.4. The summed E-state index contributed by atoms with van der Waals surface area (Å²) in [6.45, 7) is 0. The van der Waals surface area contributed by atoms with Gasteiger partial charge in [-0.15, -0.1) is 21.5 Å². The molecule has 3 aromatic heterocycles. The molecule has 1 fully saturated rings. The molecular formula is C16H11ClN4S. The van der Waals surface area contributed by atoms with Crippen molar-refractivity contribution in [2.24, 2.45) is 0 Å². The van der Waals surface area contributed by atoms with E-state index in [1.165, 1.54) is 5.56 Å². The van der Waals surface area contributed by atoms with E-state index in [1.54, 1.807) is 11.3 Å². The molecule has 0 amide bonds. The molecular weight excluding hydrogens is 316 g/mol. The van der Waals surface area contributed by atoms with Gasteiger partial charge in [0.2, 0.25) is 0 Å². The van der Waals surface area contributed by atoms with Gasteiger partial charge < -0.3 is 0 Å². The highest BCUT2D eigenvalue weighted by Crippen LogP contribution is 2.53. The van der Waals surface area contributed by atoms with Crippen LogP contribution in [0, 0.1) is 0 Å². The minimum absolute atomic E-state index is 0.0450. The van der Waals surface area contributed by atoms with E-state index in [0.29, 0.717) is 0 Å². The lowest BCUT2D eigenvalue weighted by atomic mass is 9.95. The molecule has 4 nitrogen and oxygen atoms in total. The highest BCUT2D eigenvalue weighted by molar-refractivity contribution is 7.17. The zero-order chi connectivity index (χ0) is 14.7. The van der Waals surface area contributed by atoms with Crippen LogP contribution < -0.4 is 0 Å². The number of rotatable bonds is 2. The number of halogens is 1. The molecule has 1 saturated carbocycles. The first-order valence-corrected chi connectivity index (χ1v) is 8.37. The minimum atomic E-state index is -0.0450. The molecule has 0 unspecified atom stereocenters. The van der Waals surface area contributed by atoms with Crippen molar-refractivity contribution in [3.8, 4) is 0 Å². The molecule has 0 spiro atoms. The molecule has 3 heterocycles. The van der Waals surface area contributed by atoms with Gasteiger partial charge in [0.15, 0.2) is 5.65 Å². The molecule has 0 aliphatic heterocycles. The third-order valence-electron chi connectivity index (χ3n) is 4.43. The predicted molar refractivity (Wildman–Crippen MR) is 87.6 cm³/mol. The van der Waals surface area contributed by atoms with Gasteiger partial charge in [-0.2, -0.15) is 0 Å². The number of hydrogen-bond donors (Lipinski definition) is 0. The van der Waals surface area contributed by atoms with E-state index in [1.807, 2.05) is 34.3 Å². The Balaban J connectivity index is 1.75. The summed E-state index contributed by atoms with van der Waals surface area (Å²) in [5, 5.41) is 11.7. The van der Waals surface area contributed by atoms with Crippen molar-refractivity contribution in [1.29, 1.82) is 0 Å². The summed E-state index contributed by atoms with van der Waals surface area (Å²) in [5.41, 5.74) is 3.08. The third kappa shape index (κ3) is 1.61. The summed E-state index contributed by atoms with van der Waals surface area (Å²) in [6, 6.07) is 10.1. The lowest BCUT2D eigenvalue weighted by molar-refractivity contribution is 0.737. The van der Waals surface area contributed by atoms with Crippen LogP contribution in [-0.4, -0.2) is 19.6 Å². The van der Waals surface area contributed by atoms with Gasteiger partial charge in [0.05, 0.1) is 15.6 Å². The van der Waals surface area contributed by atoms with Crippen LogP contribution in [0.1, 0.15) is 24.2 Å². The largest absolute Gasteiger partial charge is 0.267 e. The van der Waals surface area contributed by atoms with Crippen molar-refractivity contribution < 1.29 is 0 Å². The van der Waals surface area contributed by atoms with E-state index in [9.17, 15) is 0 Å². The van der Waals surface area contributed by atoms with Gasteiger partial charge >= 0.3 is 0 Å². The summed E-state index contributed by atoms with van der Waals surface area (Å²) < 4.78 is 3.13. The van der Waals surface area contributed by atoms with Crippen LogP contribution in [0.15, 0.2) is 42.0 Å². The number of fused-ring (bicyclic) bond motifs is 3. The van der Waals surface area contributed by atoms with Crippen molar-refractivity contribution in [3.63, 3.8) is 0 Å². The molecule has 0 bridgehead atoms. The average Bonchev–Trinajstić information content (AvgIpc) is 3.00. The molecule has 0 radical (unpaired) electrons. The molecule has 4 aromatic rings. The van der Waals surface area contributed by atoms with Crippen LogP contribution in [0.3, 0.4) is 0 Å². The third-order valence-corrected chi connectivity index (χ3v) is 5.58. The second kappa shape index (κ2) is 4.27. The summed E-state index contributed by atoms with van der Waals surface area (Å²) in [5.74, 6) is 0.979. The average molecular weight is 327 g/mol. The van der Waals surface area contributed by atoms with Gasteiger partial charge in [-0.1, -0.05) is 23.7 Å². The first-order chi connectivity index (χ1) is 10.8. The van der Waals surface area contributed by atoms with E-state index in [0.717, 1.165) is 39.6 Å². The van der Waals surface area contributed by atoms with Crippen molar-refractivity contribution >= 4 is 38.8 Å². The summed E-state index contributed by atoms with van der Waals surface area (Å²) in [4.78, 5) is 4.52. The predicted octanol–water partition coefficient (Wildman–Crippen LogP) is 4.07. The Kier molecular flexibility index (Phi) is 2.44. The Hall–Kier alpha value is -1.98. The fourth-order valence-corrected chi connectivity index (χ4v) is 4.05. The van der Waals surface area contributed by atoms with Crippen LogP contribution in [0.2, 0.25) is 5.02 Å². The van der Waals surface area contributed by atoms with Crippen LogP contribution in [0.4, 0.5) is 0 Å². The highest BCUT2D eigenvalue weighted by atomic mass is 35.5. The van der Waals surface area contributed by atoms with E-state index < -0.39 is 0 Å². The van der Waals surface area contributed by atoms with Crippen molar-refractivity contribution in [2.75, 3.05) is 0 Å². The SMILES string of the molecule is Clc1ccc(C2(c3nnc4c5sccc5ncn34)CC2)cc1. The molecule has 1 aliphatic carbocycles.